The van der Waals surface area contributed by atoms with Gasteiger partial charge in [0.05, 0.1) is 12.5 Å². The molecule has 2 aromatic carbocycles. The molecule has 2 aromatic rings. The quantitative estimate of drug-likeness (QED) is 0.570. The van der Waals surface area contributed by atoms with E-state index in [1.54, 1.807) is 0 Å². The van der Waals surface area contributed by atoms with E-state index in [1.165, 1.54) is 5.56 Å². The van der Waals surface area contributed by atoms with Crippen molar-refractivity contribution in [3.8, 4) is 5.75 Å². The second-order valence-electron chi connectivity index (χ2n) is 7.42. The molecule has 0 saturated carbocycles. The Balaban J connectivity index is 1.33. The summed E-state index contributed by atoms with van der Waals surface area (Å²) in [5.41, 5.74) is 2.95. The van der Waals surface area contributed by atoms with Crippen LogP contribution < -0.4 is 20.7 Å². The van der Waals surface area contributed by atoms with Crippen LogP contribution in [-0.4, -0.2) is 31.5 Å². The third-order valence-electron chi connectivity index (χ3n) is 4.97. The van der Waals surface area contributed by atoms with E-state index in [1.807, 2.05) is 55.5 Å². The van der Waals surface area contributed by atoms with Crippen LogP contribution >= 0.6 is 0 Å². The van der Waals surface area contributed by atoms with Crippen LogP contribution in [-0.2, 0) is 16.1 Å². The van der Waals surface area contributed by atoms with E-state index in [0.717, 1.165) is 36.5 Å². The van der Waals surface area contributed by atoms with Gasteiger partial charge in [0.1, 0.15) is 5.75 Å². The molecular formula is C23H29N3O3. The molecule has 3 rings (SSSR count). The third-order valence-corrected chi connectivity index (χ3v) is 4.97. The molecule has 0 spiro atoms. The highest BCUT2D eigenvalue weighted by Crippen LogP contribution is 2.13. The van der Waals surface area contributed by atoms with Gasteiger partial charge in [-0.3, -0.25) is 9.59 Å². The molecule has 1 atom stereocenters. The normalized spacial score (nSPS) is 15.7. The Morgan fingerprint density at radius 2 is 1.86 bits per heavy atom. The van der Waals surface area contributed by atoms with E-state index in [9.17, 15) is 9.59 Å². The Labute approximate surface area is 172 Å². The molecule has 1 unspecified atom stereocenters. The molecule has 1 saturated heterocycles. The topological polar surface area (TPSA) is 79.5 Å². The summed E-state index contributed by atoms with van der Waals surface area (Å²) >= 11 is 0. The summed E-state index contributed by atoms with van der Waals surface area (Å²) in [5, 5.41) is 9.06. The third kappa shape index (κ3) is 6.91. The molecule has 1 heterocycles. The van der Waals surface area contributed by atoms with Crippen molar-refractivity contribution in [2.45, 2.75) is 32.7 Å². The zero-order chi connectivity index (χ0) is 20.5. The molecule has 1 fully saturated rings. The van der Waals surface area contributed by atoms with E-state index < -0.39 is 0 Å². The summed E-state index contributed by atoms with van der Waals surface area (Å²) in [7, 11) is 0. The molecule has 1 aliphatic rings. The summed E-state index contributed by atoms with van der Waals surface area (Å²) in [6, 6.07) is 15.4. The molecule has 3 N–H and O–H groups in total. The van der Waals surface area contributed by atoms with Gasteiger partial charge >= 0.3 is 0 Å². The minimum Gasteiger partial charge on any atom is -0.494 e. The molecule has 29 heavy (non-hydrogen) atoms. The Morgan fingerprint density at radius 3 is 2.55 bits per heavy atom. The van der Waals surface area contributed by atoms with Crippen LogP contribution in [0.2, 0.25) is 0 Å². The number of amides is 2. The highest BCUT2D eigenvalue weighted by molar-refractivity contribution is 5.90. The summed E-state index contributed by atoms with van der Waals surface area (Å²) < 4.78 is 5.64. The Bertz CT molecular complexity index is 797. The van der Waals surface area contributed by atoms with E-state index >= 15 is 0 Å². The zero-order valence-electron chi connectivity index (χ0n) is 16.9. The van der Waals surface area contributed by atoms with Gasteiger partial charge in [-0.05, 0) is 56.1 Å². The fraction of sp³-hybridized carbons (Fsp3) is 0.391. The first kappa shape index (κ1) is 20.9. The Hall–Kier alpha value is -2.86. The fourth-order valence-corrected chi connectivity index (χ4v) is 3.20. The lowest BCUT2D eigenvalue weighted by Crippen LogP contribution is -2.31. The predicted octanol–water partition coefficient (Wildman–Crippen LogP) is 3.02. The van der Waals surface area contributed by atoms with E-state index in [0.29, 0.717) is 26.0 Å². The van der Waals surface area contributed by atoms with Crippen molar-refractivity contribution >= 4 is 17.5 Å². The lowest BCUT2D eigenvalue weighted by atomic mass is 10.1. The highest BCUT2D eigenvalue weighted by Gasteiger charge is 2.21. The van der Waals surface area contributed by atoms with Crippen molar-refractivity contribution in [1.29, 1.82) is 0 Å². The number of hydrogen-bond donors (Lipinski definition) is 3. The van der Waals surface area contributed by atoms with Gasteiger partial charge in [0, 0.05) is 25.2 Å². The van der Waals surface area contributed by atoms with Gasteiger partial charge in [-0.15, -0.1) is 0 Å². The summed E-state index contributed by atoms with van der Waals surface area (Å²) in [5.74, 6) is 0.957. The van der Waals surface area contributed by atoms with E-state index in [4.69, 9.17) is 4.74 Å². The second kappa shape index (κ2) is 10.6. The Kier molecular flexibility index (Phi) is 7.64. The van der Waals surface area contributed by atoms with Gasteiger partial charge in [0.2, 0.25) is 11.8 Å². The number of ether oxygens (including phenoxy) is 1. The number of rotatable bonds is 9. The number of nitrogens with one attached hydrogen (secondary N) is 3. The average molecular weight is 396 g/mol. The first-order valence-corrected chi connectivity index (χ1v) is 10.2. The van der Waals surface area contributed by atoms with Crippen LogP contribution in [0.25, 0.3) is 0 Å². The number of benzene rings is 2. The standard InChI is InChI=1S/C23H29N3O3/c1-17-4-10-21(11-5-17)29-14-2-3-22(27)26-20-8-6-18(7-9-20)15-25-23(28)19-12-13-24-16-19/h4-11,19,24H,2-3,12-16H2,1H3,(H,25,28)(H,26,27). The fourth-order valence-electron chi connectivity index (χ4n) is 3.20. The van der Waals surface area contributed by atoms with Gasteiger partial charge in [-0.2, -0.15) is 0 Å². The van der Waals surface area contributed by atoms with Gasteiger partial charge in [0.15, 0.2) is 0 Å². The maximum Gasteiger partial charge on any atom is 0.224 e. The first-order chi connectivity index (χ1) is 14.1. The molecule has 154 valence electrons. The summed E-state index contributed by atoms with van der Waals surface area (Å²) in [6.07, 6.45) is 1.95. The number of anilines is 1. The van der Waals surface area contributed by atoms with Crippen molar-refractivity contribution in [3.63, 3.8) is 0 Å². The molecule has 0 bridgehead atoms. The van der Waals surface area contributed by atoms with E-state index in [-0.39, 0.29) is 17.7 Å². The summed E-state index contributed by atoms with van der Waals surface area (Å²) in [6.45, 7) is 4.70. The Morgan fingerprint density at radius 1 is 1.10 bits per heavy atom. The van der Waals surface area contributed by atoms with Crippen LogP contribution in [0, 0.1) is 12.8 Å². The van der Waals surface area contributed by atoms with Gasteiger partial charge < -0.3 is 20.7 Å². The second-order valence-corrected chi connectivity index (χ2v) is 7.42. The largest absolute Gasteiger partial charge is 0.494 e. The van der Waals surface area contributed by atoms with Crippen LogP contribution in [0.4, 0.5) is 5.69 Å². The molecule has 0 aliphatic carbocycles. The maximum atomic E-state index is 12.1. The lowest BCUT2D eigenvalue weighted by molar-refractivity contribution is -0.124. The SMILES string of the molecule is Cc1ccc(OCCCC(=O)Nc2ccc(CNC(=O)C3CCNC3)cc2)cc1. The minimum atomic E-state index is -0.0349. The monoisotopic (exact) mass is 395 g/mol. The molecule has 1 aliphatic heterocycles. The summed E-state index contributed by atoms with van der Waals surface area (Å²) in [4.78, 5) is 24.1. The lowest BCUT2D eigenvalue weighted by Gasteiger charge is -2.11. The van der Waals surface area contributed by atoms with Crippen molar-refractivity contribution in [2.75, 3.05) is 25.0 Å². The van der Waals surface area contributed by atoms with Gasteiger partial charge in [-0.25, -0.2) is 0 Å². The van der Waals surface area contributed by atoms with Crippen molar-refractivity contribution in [2.24, 2.45) is 5.92 Å². The smallest absolute Gasteiger partial charge is 0.224 e. The maximum absolute atomic E-state index is 12.1. The van der Waals surface area contributed by atoms with Gasteiger partial charge in [-0.1, -0.05) is 29.8 Å². The molecule has 0 radical (unpaired) electrons. The van der Waals surface area contributed by atoms with Crippen LogP contribution in [0.5, 0.6) is 5.75 Å². The van der Waals surface area contributed by atoms with Crippen molar-refractivity contribution in [3.05, 3.63) is 59.7 Å². The molecule has 2 amide bonds. The van der Waals surface area contributed by atoms with Crippen LogP contribution in [0.15, 0.2) is 48.5 Å². The van der Waals surface area contributed by atoms with Crippen molar-refractivity contribution in [1.82, 2.24) is 10.6 Å². The molecular weight excluding hydrogens is 366 g/mol. The van der Waals surface area contributed by atoms with Crippen LogP contribution in [0.1, 0.15) is 30.4 Å². The molecule has 6 nitrogen and oxygen atoms in total. The van der Waals surface area contributed by atoms with Crippen molar-refractivity contribution < 1.29 is 14.3 Å². The predicted molar refractivity (Wildman–Crippen MR) is 114 cm³/mol. The zero-order valence-corrected chi connectivity index (χ0v) is 16.9. The van der Waals surface area contributed by atoms with Crippen LogP contribution in [0.3, 0.4) is 0 Å². The number of aryl methyl sites for hydroxylation is 1. The average Bonchev–Trinajstić information content (AvgIpc) is 3.27. The molecule has 0 aromatic heterocycles. The number of carbonyl (C=O) groups is 2. The van der Waals surface area contributed by atoms with Gasteiger partial charge in [0.25, 0.3) is 0 Å². The molecule has 6 heteroatoms. The number of carbonyl (C=O) groups excluding carboxylic acids is 2. The highest BCUT2D eigenvalue weighted by atomic mass is 16.5. The first-order valence-electron chi connectivity index (χ1n) is 10.2. The van der Waals surface area contributed by atoms with E-state index in [2.05, 4.69) is 16.0 Å². The number of hydrogen-bond acceptors (Lipinski definition) is 4. The minimum absolute atomic E-state index is 0.0349.